The van der Waals surface area contributed by atoms with E-state index in [0.29, 0.717) is 11.1 Å². The van der Waals surface area contributed by atoms with Crippen molar-refractivity contribution in [2.24, 2.45) is 11.0 Å². The Kier molecular flexibility index (Phi) is 3.88. The molecule has 8 heteroatoms. The number of carbonyl (C=O) groups excluding carboxylic acids is 1. The molecule has 0 radical (unpaired) electrons. The highest BCUT2D eigenvalue weighted by Crippen LogP contribution is 2.15. The maximum atomic E-state index is 12.3. The number of benzene rings is 1. The number of rotatable bonds is 4. The Labute approximate surface area is 112 Å². The fraction of sp³-hybridized carbons (Fsp3) is 0.333. The van der Waals surface area contributed by atoms with Crippen LogP contribution in [-0.4, -0.2) is 28.2 Å². The molecule has 0 fully saturated rings. The van der Waals surface area contributed by atoms with Crippen LogP contribution in [0.3, 0.4) is 0 Å². The summed E-state index contributed by atoms with van der Waals surface area (Å²) in [6.45, 7) is 1.21. The number of para-hydroxylation sites is 2. The average molecular weight is 276 g/mol. The van der Waals surface area contributed by atoms with Gasteiger partial charge < -0.3 is 9.52 Å². The molecule has 20 heavy (non-hydrogen) atoms. The molecule has 0 aliphatic carbocycles. The van der Waals surface area contributed by atoms with Gasteiger partial charge in [-0.05, 0) is 17.7 Å². The summed E-state index contributed by atoms with van der Waals surface area (Å²) in [5.41, 5.74) is 8.83. The Morgan fingerprint density at radius 3 is 2.95 bits per heavy atom. The van der Waals surface area contributed by atoms with Crippen LogP contribution in [0.5, 0.6) is 0 Å². The van der Waals surface area contributed by atoms with Gasteiger partial charge in [-0.2, -0.15) is 0 Å². The van der Waals surface area contributed by atoms with Crippen molar-refractivity contribution in [3.05, 3.63) is 45.3 Å². The Hall–Kier alpha value is -2.57. The standard InChI is InChI=1S/C12H12N4O4/c1-7(9(17)6-14-15-13)11(18)16-8-4-2-3-5-10(8)20-12(16)19/h2-5,7,9,17H,6H2,1H3/t7-,9-/m1/s1. The number of oxazole rings is 1. The van der Waals surface area contributed by atoms with Crippen molar-refractivity contribution in [2.45, 2.75) is 13.0 Å². The van der Waals surface area contributed by atoms with Crippen LogP contribution in [0.25, 0.3) is 21.5 Å². The van der Waals surface area contributed by atoms with Crippen LogP contribution >= 0.6 is 0 Å². The minimum atomic E-state index is -1.17. The molecule has 0 saturated heterocycles. The van der Waals surface area contributed by atoms with E-state index >= 15 is 0 Å². The maximum Gasteiger partial charge on any atom is 0.426 e. The molecule has 1 aromatic carbocycles. The highest BCUT2D eigenvalue weighted by molar-refractivity contribution is 5.90. The van der Waals surface area contributed by atoms with E-state index in [1.54, 1.807) is 24.3 Å². The zero-order valence-corrected chi connectivity index (χ0v) is 10.6. The summed E-state index contributed by atoms with van der Waals surface area (Å²) in [4.78, 5) is 26.5. The molecule has 1 aromatic heterocycles. The zero-order valence-electron chi connectivity index (χ0n) is 10.6. The van der Waals surface area contributed by atoms with Crippen molar-refractivity contribution < 1.29 is 14.3 Å². The molecule has 0 spiro atoms. The largest absolute Gasteiger partial charge is 0.426 e. The topological polar surface area (TPSA) is 121 Å². The van der Waals surface area contributed by atoms with Crippen LogP contribution < -0.4 is 5.76 Å². The first kappa shape index (κ1) is 13.9. The maximum absolute atomic E-state index is 12.3. The summed E-state index contributed by atoms with van der Waals surface area (Å²) >= 11 is 0. The molecule has 2 rings (SSSR count). The Balaban J connectivity index is 2.38. The van der Waals surface area contributed by atoms with Gasteiger partial charge >= 0.3 is 5.76 Å². The monoisotopic (exact) mass is 276 g/mol. The molecule has 1 heterocycles. The summed E-state index contributed by atoms with van der Waals surface area (Å²) in [7, 11) is 0. The van der Waals surface area contributed by atoms with E-state index < -0.39 is 23.7 Å². The summed E-state index contributed by atoms with van der Waals surface area (Å²) in [5.74, 6) is -2.32. The predicted molar refractivity (Wildman–Crippen MR) is 70.3 cm³/mol. The van der Waals surface area contributed by atoms with Crippen molar-refractivity contribution in [2.75, 3.05) is 6.54 Å². The van der Waals surface area contributed by atoms with E-state index in [2.05, 4.69) is 10.0 Å². The lowest BCUT2D eigenvalue weighted by Crippen LogP contribution is -2.35. The summed E-state index contributed by atoms with van der Waals surface area (Å²) in [6.07, 6.45) is -1.17. The van der Waals surface area contributed by atoms with Crippen molar-refractivity contribution >= 4 is 17.0 Å². The second-order valence-electron chi connectivity index (χ2n) is 4.28. The third kappa shape index (κ3) is 2.42. The quantitative estimate of drug-likeness (QED) is 0.517. The minimum absolute atomic E-state index is 0.242. The number of aromatic nitrogens is 1. The van der Waals surface area contributed by atoms with Crippen LogP contribution in [0.1, 0.15) is 11.7 Å². The van der Waals surface area contributed by atoms with Gasteiger partial charge in [0.2, 0.25) is 5.91 Å². The lowest BCUT2D eigenvalue weighted by Gasteiger charge is -2.15. The van der Waals surface area contributed by atoms with Crippen molar-refractivity contribution in [1.82, 2.24) is 4.57 Å². The minimum Gasteiger partial charge on any atom is -0.407 e. The predicted octanol–water partition coefficient (Wildman–Crippen LogP) is 1.54. The first-order valence-electron chi connectivity index (χ1n) is 5.90. The molecule has 8 nitrogen and oxygen atoms in total. The third-order valence-corrected chi connectivity index (χ3v) is 3.01. The van der Waals surface area contributed by atoms with E-state index in [9.17, 15) is 14.7 Å². The number of hydrogen-bond acceptors (Lipinski definition) is 5. The lowest BCUT2D eigenvalue weighted by atomic mass is 10.0. The third-order valence-electron chi connectivity index (χ3n) is 3.01. The van der Waals surface area contributed by atoms with Gasteiger partial charge in [-0.15, -0.1) is 0 Å². The van der Waals surface area contributed by atoms with Gasteiger partial charge in [-0.1, -0.05) is 24.2 Å². The highest BCUT2D eigenvalue weighted by atomic mass is 16.4. The second kappa shape index (κ2) is 5.60. The fourth-order valence-corrected chi connectivity index (χ4v) is 1.82. The number of aliphatic hydroxyl groups excluding tert-OH is 1. The zero-order chi connectivity index (χ0) is 14.7. The van der Waals surface area contributed by atoms with Crippen molar-refractivity contribution in [1.29, 1.82) is 0 Å². The van der Waals surface area contributed by atoms with Crippen LogP contribution in [0, 0.1) is 5.92 Å². The van der Waals surface area contributed by atoms with Crippen LogP contribution in [0.4, 0.5) is 0 Å². The Morgan fingerprint density at radius 1 is 1.55 bits per heavy atom. The molecule has 104 valence electrons. The molecule has 2 atom stereocenters. The van der Waals surface area contributed by atoms with E-state index in [-0.39, 0.29) is 6.54 Å². The summed E-state index contributed by atoms with van der Waals surface area (Å²) in [6, 6.07) is 6.49. The van der Waals surface area contributed by atoms with Gasteiger partial charge in [0, 0.05) is 4.91 Å². The molecular formula is C12H12N4O4. The van der Waals surface area contributed by atoms with Crippen molar-refractivity contribution in [3.8, 4) is 0 Å². The molecule has 0 aliphatic heterocycles. The van der Waals surface area contributed by atoms with Gasteiger partial charge in [0.25, 0.3) is 0 Å². The SMILES string of the molecule is C[C@@H](C(=O)n1c(=O)oc2ccccc21)[C@H](O)CN=[N+]=[N-]. The smallest absolute Gasteiger partial charge is 0.407 e. The normalized spacial score (nSPS) is 13.7. The number of nitrogens with zero attached hydrogens (tertiary/aromatic N) is 4. The van der Waals surface area contributed by atoms with E-state index in [4.69, 9.17) is 9.95 Å². The molecule has 1 N–H and O–H groups in total. The number of fused-ring (bicyclic) bond motifs is 1. The average Bonchev–Trinajstić information content (AvgIpc) is 2.78. The lowest BCUT2D eigenvalue weighted by molar-refractivity contribution is 0.0648. The van der Waals surface area contributed by atoms with Crippen LogP contribution in [-0.2, 0) is 0 Å². The summed E-state index contributed by atoms with van der Waals surface area (Å²) in [5, 5.41) is 13.0. The second-order valence-corrected chi connectivity index (χ2v) is 4.28. The highest BCUT2D eigenvalue weighted by Gasteiger charge is 2.26. The van der Waals surface area contributed by atoms with Gasteiger partial charge in [0.1, 0.15) is 0 Å². The molecule has 2 aromatic rings. The van der Waals surface area contributed by atoms with Gasteiger partial charge in [-0.25, -0.2) is 9.36 Å². The summed E-state index contributed by atoms with van der Waals surface area (Å²) < 4.78 is 5.83. The van der Waals surface area contributed by atoms with Gasteiger partial charge in [0.05, 0.1) is 24.1 Å². The molecule has 0 saturated carbocycles. The Bertz CT molecular complexity index is 741. The van der Waals surface area contributed by atoms with E-state index in [1.165, 1.54) is 6.92 Å². The van der Waals surface area contributed by atoms with Crippen LogP contribution in [0.2, 0.25) is 0 Å². The molecular weight excluding hydrogens is 264 g/mol. The van der Waals surface area contributed by atoms with Gasteiger partial charge in [-0.3, -0.25) is 4.79 Å². The number of aliphatic hydroxyl groups is 1. The number of azide groups is 1. The fourth-order valence-electron chi connectivity index (χ4n) is 1.82. The Morgan fingerprint density at radius 2 is 2.25 bits per heavy atom. The molecule has 0 bridgehead atoms. The molecule has 0 unspecified atom stereocenters. The first-order valence-corrected chi connectivity index (χ1v) is 5.90. The van der Waals surface area contributed by atoms with Crippen LogP contribution in [0.15, 0.2) is 38.6 Å². The molecule has 0 amide bonds. The van der Waals surface area contributed by atoms with Crippen molar-refractivity contribution in [3.63, 3.8) is 0 Å². The number of hydrogen-bond donors (Lipinski definition) is 1. The van der Waals surface area contributed by atoms with Gasteiger partial charge in [0.15, 0.2) is 5.58 Å². The number of carbonyl (C=O) groups is 1. The first-order chi connectivity index (χ1) is 9.56. The molecule has 0 aliphatic rings. The van der Waals surface area contributed by atoms with E-state index in [0.717, 1.165) is 4.57 Å². The van der Waals surface area contributed by atoms with E-state index in [1.807, 2.05) is 0 Å².